The predicted molar refractivity (Wildman–Crippen MR) is 152 cm³/mol. The lowest BCUT2D eigenvalue weighted by Crippen LogP contribution is -2.45. The van der Waals surface area contributed by atoms with Crippen molar-refractivity contribution in [1.29, 1.82) is 0 Å². The molecule has 1 aliphatic heterocycles. The summed E-state index contributed by atoms with van der Waals surface area (Å²) in [6.07, 6.45) is 3.18. The van der Waals surface area contributed by atoms with Crippen molar-refractivity contribution in [3.05, 3.63) is 79.5 Å². The number of anilines is 1. The molecule has 9 heteroatoms. The summed E-state index contributed by atoms with van der Waals surface area (Å²) < 4.78 is 6.65. The summed E-state index contributed by atoms with van der Waals surface area (Å²) in [7, 11) is 1.73. The predicted octanol–water partition coefficient (Wildman–Crippen LogP) is 3.55. The van der Waals surface area contributed by atoms with Gasteiger partial charge in [-0.05, 0) is 63.9 Å². The minimum atomic E-state index is -0.264. The summed E-state index contributed by atoms with van der Waals surface area (Å²) in [5, 5.41) is 1.59. The summed E-state index contributed by atoms with van der Waals surface area (Å²) in [4.78, 5) is 46.5. The number of benzene rings is 2. The minimum absolute atomic E-state index is 0.000251. The van der Waals surface area contributed by atoms with Crippen LogP contribution in [0.2, 0.25) is 0 Å². The summed E-state index contributed by atoms with van der Waals surface area (Å²) >= 11 is 0. The van der Waals surface area contributed by atoms with Gasteiger partial charge in [0.15, 0.2) is 0 Å². The Morgan fingerprint density at radius 2 is 1.53 bits per heavy atom. The molecule has 1 fully saturated rings. The fraction of sp³-hybridized carbons (Fsp3) is 0.379. The number of piperidine rings is 1. The zero-order valence-corrected chi connectivity index (χ0v) is 22.3. The SMILES string of the molecule is CCn1c(=O)n(CC)c2cc3c(N4CCC(n5c(=O)c6cc(C)ccc6n(C)c5=O)CC4)ccnc3cc21. The maximum atomic E-state index is 13.4. The first-order valence-corrected chi connectivity index (χ1v) is 13.3. The summed E-state index contributed by atoms with van der Waals surface area (Å²) in [6.45, 7) is 8.54. The van der Waals surface area contributed by atoms with Crippen LogP contribution >= 0.6 is 0 Å². The topological polar surface area (TPSA) is 87.1 Å². The fourth-order valence-electron chi connectivity index (χ4n) is 6.11. The van der Waals surface area contributed by atoms with Crippen molar-refractivity contribution in [3.63, 3.8) is 0 Å². The lowest BCUT2D eigenvalue weighted by Gasteiger charge is -2.34. The van der Waals surface area contributed by atoms with Crippen LogP contribution in [0, 0.1) is 6.92 Å². The van der Waals surface area contributed by atoms with Crippen molar-refractivity contribution in [2.24, 2.45) is 7.05 Å². The lowest BCUT2D eigenvalue weighted by molar-refractivity contribution is 0.372. The molecular formula is C29H32N6O3. The van der Waals surface area contributed by atoms with Crippen LogP contribution in [0.4, 0.5) is 5.69 Å². The van der Waals surface area contributed by atoms with Crippen LogP contribution in [0.25, 0.3) is 32.8 Å². The molecule has 0 amide bonds. The molecule has 0 spiro atoms. The van der Waals surface area contributed by atoms with Crippen molar-refractivity contribution in [2.45, 2.75) is 52.7 Å². The van der Waals surface area contributed by atoms with E-state index in [1.54, 1.807) is 16.2 Å². The molecule has 0 aliphatic carbocycles. The summed E-state index contributed by atoms with van der Waals surface area (Å²) in [5.41, 5.74) is 4.91. The molecule has 4 heterocycles. The molecule has 1 aliphatic rings. The number of hydrogen-bond acceptors (Lipinski definition) is 5. The van der Waals surface area contributed by atoms with Crippen molar-refractivity contribution in [1.82, 2.24) is 23.3 Å². The van der Waals surface area contributed by atoms with Crippen LogP contribution in [0.1, 0.15) is 38.3 Å². The Labute approximate surface area is 219 Å². The molecule has 6 rings (SSSR count). The van der Waals surface area contributed by atoms with Crippen LogP contribution in [-0.4, -0.2) is 36.3 Å². The van der Waals surface area contributed by atoms with E-state index in [0.29, 0.717) is 49.9 Å². The molecular weight excluding hydrogens is 480 g/mol. The highest BCUT2D eigenvalue weighted by Crippen LogP contribution is 2.32. The van der Waals surface area contributed by atoms with Gasteiger partial charge in [0.05, 0.1) is 27.5 Å². The van der Waals surface area contributed by atoms with Crippen molar-refractivity contribution in [3.8, 4) is 0 Å². The van der Waals surface area contributed by atoms with E-state index in [1.807, 2.05) is 61.9 Å². The van der Waals surface area contributed by atoms with E-state index >= 15 is 0 Å². The molecule has 9 nitrogen and oxygen atoms in total. The average Bonchev–Trinajstić information content (AvgIpc) is 3.19. The number of rotatable bonds is 4. The molecule has 38 heavy (non-hydrogen) atoms. The van der Waals surface area contributed by atoms with Crippen LogP contribution in [0.3, 0.4) is 0 Å². The Morgan fingerprint density at radius 1 is 0.842 bits per heavy atom. The van der Waals surface area contributed by atoms with E-state index in [-0.39, 0.29) is 23.0 Å². The van der Waals surface area contributed by atoms with Crippen LogP contribution in [-0.2, 0) is 20.1 Å². The number of imidazole rings is 1. The Morgan fingerprint density at radius 3 is 2.21 bits per heavy atom. The maximum absolute atomic E-state index is 13.4. The van der Waals surface area contributed by atoms with Gasteiger partial charge in [0.25, 0.3) is 5.56 Å². The van der Waals surface area contributed by atoms with Gasteiger partial charge in [0.1, 0.15) is 0 Å². The van der Waals surface area contributed by atoms with Gasteiger partial charge in [0, 0.05) is 56.5 Å². The average molecular weight is 513 g/mol. The number of aryl methyl sites for hydroxylation is 4. The van der Waals surface area contributed by atoms with E-state index in [1.165, 1.54) is 4.57 Å². The Hall–Kier alpha value is -4.14. The molecule has 0 atom stereocenters. The minimum Gasteiger partial charge on any atom is -0.371 e. The van der Waals surface area contributed by atoms with Crippen LogP contribution in [0.5, 0.6) is 0 Å². The standard InChI is InChI=1S/C29H32N6O3/c1-5-33-25-16-20-22(17-26(25)34(6-2)29(33)38)30-12-9-24(20)32-13-10-19(11-14-32)35-27(36)21-15-18(3)7-8-23(21)31(4)28(35)37/h7-9,12,15-17,19H,5-6,10-11,13-14H2,1-4H3. The highest BCUT2D eigenvalue weighted by molar-refractivity contribution is 6.00. The molecule has 5 aromatic rings. The number of hydrogen-bond donors (Lipinski definition) is 0. The first kappa shape index (κ1) is 24.2. The van der Waals surface area contributed by atoms with Crippen molar-refractivity contribution >= 4 is 38.5 Å². The van der Waals surface area contributed by atoms with Crippen molar-refractivity contribution < 1.29 is 0 Å². The van der Waals surface area contributed by atoms with E-state index in [9.17, 15) is 14.4 Å². The van der Waals surface area contributed by atoms with Gasteiger partial charge in [-0.1, -0.05) is 11.6 Å². The second kappa shape index (κ2) is 9.01. The third-order valence-electron chi connectivity index (χ3n) is 8.12. The van der Waals surface area contributed by atoms with E-state index < -0.39 is 0 Å². The first-order valence-electron chi connectivity index (χ1n) is 13.3. The highest BCUT2D eigenvalue weighted by Gasteiger charge is 2.26. The highest BCUT2D eigenvalue weighted by atomic mass is 16.2. The third-order valence-corrected chi connectivity index (χ3v) is 8.12. The van der Waals surface area contributed by atoms with E-state index in [0.717, 1.165) is 33.2 Å². The maximum Gasteiger partial charge on any atom is 0.331 e. The number of aromatic nitrogens is 5. The molecule has 3 aromatic heterocycles. The van der Waals surface area contributed by atoms with Gasteiger partial charge >= 0.3 is 11.4 Å². The Balaban J connectivity index is 1.38. The van der Waals surface area contributed by atoms with Crippen LogP contribution < -0.4 is 21.8 Å². The van der Waals surface area contributed by atoms with Gasteiger partial charge in [-0.25, -0.2) is 9.59 Å². The second-order valence-electron chi connectivity index (χ2n) is 10.2. The lowest BCUT2D eigenvalue weighted by atomic mass is 10.0. The summed E-state index contributed by atoms with van der Waals surface area (Å²) in [6, 6.07) is 11.6. The molecule has 0 saturated carbocycles. The van der Waals surface area contributed by atoms with E-state index in [4.69, 9.17) is 0 Å². The zero-order valence-electron chi connectivity index (χ0n) is 22.3. The second-order valence-corrected chi connectivity index (χ2v) is 10.2. The van der Waals surface area contributed by atoms with Crippen LogP contribution in [0.15, 0.2) is 57.0 Å². The molecule has 0 bridgehead atoms. The number of pyridine rings is 1. The van der Waals surface area contributed by atoms with Gasteiger partial charge in [0.2, 0.25) is 0 Å². The normalized spacial score (nSPS) is 14.8. The van der Waals surface area contributed by atoms with Crippen molar-refractivity contribution in [2.75, 3.05) is 18.0 Å². The molecule has 1 saturated heterocycles. The van der Waals surface area contributed by atoms with Gasteiger partial charge < -0.3 is 4.90 Å². The number of nitrogens with zero attached hydrogens (tertiary/aromatic N) is 6. The number of fused-ring (bicyclic) bond motifs is 3. The Kier molecular flexibility index (Phi) is 5.74. The molecule has 0 radical (unpaired) electrons. The molecule has 0 unspecified atom stereocenters. The zero-order chi connectivity index (χ0) is 26.7. The monoisotopic (exact) mass is 512 g/mol. The first-order chi connectivity index (χ1) is 18.3. The van der Waals surface area contributed by atoms with Gasteiger partial charge in [-0.3, -0.25) is 28.0 Å². The smallest absolute Gasteiger partial charge is 0.331 e. The Bertz CT molecular complexity index is 1900. The van der Waals surface area contributed by atoms with Gasteiger partial charge in [-0.15, -0.1) is 0 Å². The fourth-order valence-corrected chi connectivity index (χ4v) is 6.11. The quantitative estimate of drug-likeness (QED) is 0.368. The third kappa shape index (κ3) is 3.52. The largest absolute Gasteiger partial charge is 0.371 e. The molecule has 196 valence electrons. The summed E-state index contributed by atoms with van der Waals surface area (Å²) in [5.74, 6) is 0. The van der Waals surface area contributed by atoms with E-state index in [2.05, 4.69) is 16.0 Å². The molecule has 2 aromatic carbocycles. The molecule has 0 N–H and O–H groups in total. The van der Waals surface area contributed by atoms with Gasteiger partial charge in [-0.2, -0.15) is 0 Å².